The molecule has 2 rings (SSSR count). The number of pyridine rings is 1. The first-order chi connectivity index (χ1) is 10.2. The van der Waals surface area contributed by atoms with Crippen LogP contribution in [0.3, 0.4) is 0 Å². The highest BCUT2D eigenvalue weighted by Gasteiger charge is 2.10. The quantitative estimate of drug-likeness (QED) is 0.669. The highest BCUT2D eigenvalue weighted by molar-refractivity contribution is 5.93. The molecular weight excluding hydrogens is 272 g/mol. The Balaban J connectivity index is 1.87. The summed E-state index contributed by atoms with van der Waals surface area (Å²) in [5.41, 5.74) is 3.66. The van der Waals surface area contributed by atoms with Crippen LogP contribution in [0.5, 0.6) is 0 Å². The zero-order valence-electron chi connectivity index (χ0n) is 11.4. The Morgan fingerprint density at radius 3 is 2.52 bits per heavy atom. The standard InChI is InChI=1S/C15H14N2O4/c1-20-15(19)12-7-8-13(16-9-12)14(18)17-21-10-11-5-3-2-4-6-11/h2-9H,10H2,1H3,(H,17,18). The lowest BCUT2D eigenvalue weighted by atomic mass is 10.2. The fraction of sp³-hybridized carbons (Fsp3) is 0.133. The SMILES string of the molecule is COC(=O)c1ccc(C(=O)NOCc2ccccc2)nc1. The van der Waals surface area contributed by atoms with Crippen molar-refractivity contribution in [2.24, 2.45) is 0 Å². The Bertz CT molecular complexity index is 611. The number of hydrogen-bond acceptors (Lipinski definition) is 5. The van der Waals surface area contributed by atoms with Gasteiger partial charge in [-0.1, -0.05) is 30.3 Å². The molecule has 0 aliphatic heterocycles. The third kappa shape index (κ3) is 4.12. The lowest BCUT2D eigenvalue weighted by Crippen LogP contribution is -2.24. The van der Waals surface area contributed by atoms with Gasteiger partial charge in [-0.15, -0.1) is 0 Å². The number of nitrogens with zero attached hydrogens (tertiary/aromatic N) is 1. The van der Waals surface area contributed by atoms with Crippen LogP contribution in [0.15, 0.2) is 48.7 Å². The number of carbonyl (C=O) groups excluding carboxylic acids is 2. The molecule has 0 saturated heterocycles. The second-order valence-electron chi connectivity index (χ2n) is 4.13. The number of benzene rings is 1. The minimum atomic E-state index is -0.505. The predicted molar refractivity (Wildman–Crippen MR) is 74.3 cm³/mol. The molecule has 1 aromatic carbocycles. The van der Waals surface area contributed by atoms with E-state index in [-0.39, 0.29) is 17.9 Å². The van der Waals surface area contributed by atoms with Crippen LogP contribution in [0.25, 0.3) is 0 Å². The van der Waals surface area contributed by atoms with Gasteiger partial charge in [-0.25, -0.2) is 10.3 Å². The van der Waals surface area contributed by atoms with Gasteiger partial charge in [0.1, 0.15) is 5.69 Å². The number of esters is 1. The summed E-state index contributed by atoms with van der Waals surface area (Å²) in [6, 6.07) is 12.3. The molecule has 1 aromatic heterocycles. The van der Waals surface area contributed by atoms with Crippen molar-refractivity contribution in [3.05, 3.63) is 65.5 Å². The van der Waals surface area contributed by atoms with Gasteiger partial charge in [-0.3, -0.25) is 14.6 Å². The Labute approximate surface area is 121 Å². The van der Waals surface area contributed by atoms with Crippen LogP contribution in [0, 0.1) is 0 Å². The van der Waals surface area contributed by atoms with Crippen molar-refractivity contribution >= 4 is 11.9 Å². The van der Waals surface area contributed by atoms with Gasteiger partial charge < -0.3 is 4.74 Å². The molecule has 0 aliphatic rings. The van der Waals surface area contributed by atoms with Gasteiger partial charge >= 0.3 is 5.97 Å². The zero-order valence-corrected chi connectivity index (χ0v) is 11.4. The molecule has 0 bridgehead atoms. The first kappa shape index (κ1) is 14.7. The Morgan fingerprint density at radius 2 is 1.90 bits per heavy atom. The largest absolute Gasteiger partial charge is 0.465 e. The van der Waals surface area contributed by atoms with E-state index in [9.17, 15) is 9.59 Å². The third-order valence-electron chi connectivity index (χ3n) is 2.66. The minimum Gasteiger partial charge on any atom is -0.465 e. The monoisotopic (exact) mass is 286 g/mol. The topological polar surface area (TPSA) is 77.5 Å². The molecule has 0 unspecified atom stereocenters. The molecule has 0 aliphatic carbocycles. The maximum atomic E-state index is 11.8. The molecule has 6 nitrogen and oxygen atoms in total. The average Bonchev–Trinajstić information content (AvgIpc) is 2.55. The summed E-state index contributed by atoms with van der Waals surface area (Å²) in [6.45, 7) is 0.257. The van der Waals surface area contributed by atoms with Crippen LogP contribution in [0.2, 0.25) is 0 Å². The van der Waals surface area contributed by atoms with Gasteiger partial charge in [0.15, 0.2) is 0 Å². The number of nitrogens with one attached hydrogen (secondary N) is 1. The van der Waals surface area contributed by atoms with Crippen LogP contribution in [0.1, 0.15) is 26.4 Å². The molecule has 6 heteroatoms. The summed E-state index contributed by atoms with van der Waals surface area (Å²) in [5.74, 6) is -0.989. The van der Waals surface area contributed by atoms with Gasteiger partial charge in [0.2, 0.25) is 0 Å². The molecule has 1 N–H and O–H groups in total. The molecule has 2 aromatic rings. The Morgan fingerprint density at radius 1 is 1.14 bits per heavy atom. The van der Waals surface area contributed by atoms with E-state index in [1.54, 1.807) is 0 Å². The lowest BCUT2D eigenvalue weighted by molar-refractivity contribution is 0.0229. The van der Waals surface area contributed by atoms with E-state index in [0.29, 0.717) is 0 Å². The second kappa shape index (κ2) is 7.16. The van der Waals surface area contributed by atoms with Crippen LogP contribution in [-0.4, -0.2) is 24.0 Å². The molecule has 0 saturated carbocycles. The molecule has 108 valence electrons. The van der Waals surface area contributed by atoms with Crippen molar-refractivity contribution in [2.45, 2.75) is 6.61 Å². The highest BCUT2D eigenvalue weighted by Crippen LogP contribution is 2.03. The highest BCUT2D eigenvalue weighted by atomic mass is 16.6. The van der Waals surface area contributed by atoms with E-state index in [4.69, 9.17) is 4.84 Å². The van der Waals surface area contributed by atoms with E-state index < -0.39 is 11.9 Å². The number of aromatic nitrogens is 1. The van der Waals surface area contributed by atoms with Gasteiger partial charge in [-0.2, -0.15) is 0 Å². The minimum absolute atomic E-state index is 0.149. The van der Waals surface area contributed by atoms with Crippen LogP contribution in [0.4, 0.5) is 0 Å². The molecule has 0 atom stereocenters. The Kier molecular flexibility index (Phi) is 5.00. The van der Waals surface area contributed by atoms with Crippen LogP contribution < -0.4 is 5.48 Å². The number of methoxy groups -OCH3 is 1. The maximum absolute atomic E-state index is 11.8. The van der Waals surface area contributed by atoms with Crippen molar-refractivity contribution in [1.29, 1.82) is 0 Å². The third-order valence-corrected chi connectivity index (χ3v) is 2.66. The number of hydrogen-bond donors (Lipinski definition) is 1. The number of rotatable bonds is 5. The smallest absolute Gasteiger partial charge is 0.339 e. The zero-order chi connectivity index (χ0) is 15.1. The number of hydroxylamine groups is 1. The van der Waals surface area contributed by atoms with Crippen molar-refractivity contribution in [1.82, 2.24) is 10.5 Å². The predicted octanol–water partition coefficient (Wildman–Crippen LogP) is 1.73. The molecule has 0 radical (unpaired) electrons. The lowest BCUT2D eigenvalue weighted by Gasteiger charge is -2.06. The van der Waals surface area contributed by atoms with E-state index >= 15 is 0 Å². The van der Waals surface area contributed by atoms with Crippen LogP contribution >= 0.6 is 0 Å². The first-order valence-electron chi connectivity index (χ1n) is 6.21. The van der Waals surface area contributed by atoms with Gasteiger partial charge in [0.25, 0.3) is 5.91 Å². The summed E-state index contributed by atoms with van der Waals surface area (Å²) < 4.78 is 4.55. The van der Waals surface area contributed by atoms with E-state index in [1.165, 1.54) is 25.4 Å². The van der Waals surface area contributed by atoms with Crippen molar-refractivity contribution in [3.8, 4) is 0 Å². The average molecular weight is 286 g/mol. The first-order valence-corrected chi connectivity index (χ1v) is 6.21. The van der Waals surface area contributed by atoms with Gasteiger partial charge in [0.05, 0.1) is 19.3 Å². The molecule has 0 fully saturated rings. The van der Waals surface area contributed by atoms with E-state index in [1.807, 2.05) is 30.3 Å². The summed E-state index contributed by atoms with van der Waals surface area (Å²) in [5, 5.41) is 0. The van der Waals surface area contributed by atoms with Crippen molar-refractivity contribution < 1.29 is 19.2 Å². The van der Waals surface area contributed by atoms with Crippen molar-refractivity contribution in [3.63, 3.8) is 0 Å². The molecule has 1 amide bonds. The van der Waals surface area contributed by atoms with E-state index in [0.717, 1.165) is 5.56 Å². The van der Waals surface area contributed by atoms with Crippen molar-refractivity contribution in [2.75, 3.05) is 7.11 Å². The summed E-state index contributed by atoms with van der Waals surface area (Å²) in [6.07, 6.45) is 1.28. The number of amides is 1. The fourth-order valence-electron chi connectivity index (χ4n) is 1.58. The maximum Gasteiger partial charge on any atom is 0.339 e. The molecule has 1 heterocycles. The summed E-state index contributed by atoms with van der Waals surface area (Å²) >= 11 is 0. The molecule has 0 spiro atoms. The summed E-state index contributed by atoms with van der Waals surface area (Å²) in [7, 11) is 1.28. The normalized spacial score (nSPS) is 9.95. The van der Waals surface area contributed by atoms with E-state index in [2.05, 4.69) is 15.2 Å². The summed E-state index contributed by atoms with van der Waals surface area (Å²) in [4.78, 5) is 32.0. The molecular formula is C15H14N2O4. The van der Waals surface area contributed by atoms with Gasteiger partial charge in [0, 0.05) is 6.20 Å². The Hall–Kier alpha value is -2.73. The van der Waals surface area contributed by atoms with Gasteiger partial charge in [-0.05, 0) is 17.7 Å². The number of ether oxygens (including phenoxy) is 1. The molecule has 21 heavy (non-hydrogen) atoms. The fourth-order valence-corrected chi connectivity index (χ4v) is 1.58. The second-order valence-corrected chi connectivity index (χ2v) is 4.13. The number of carbonyl (C=O) groups is 2. The van der Waals surface area contributed by atoms with Crippen LogP contribution in [-0.2, 0) is 16.2 Å².